The maximum atomic E-state index is 9.76. The van der Waals surface area contributed by atoms with Gasteiger partial charge in [0.1, 0.15) is 0 Å². The zero-order chi connectivity index (χ0) is 11.6. The molecule has 0 aliphatic rings. The first-order valence-corrected chi connectivity index (χ1v) is 5.15. The molecule has 0 aliphatic heterocycles. The summed E-state index contributed by atoms with van der Waals surface area (Å²) in [5, 5.41) is 22.6. The number of aliphatic hydroxyl groups is 2. The molecule has 0 aromatic carbocycles. The molecule has 3 heteroatoms. The van der Waals surface area contributed by atoms with Gasteiger partial charge in [-0.2, -0.15) is 0 Å². The smallest absolute Gasteiger partial charge is 0.0928 e. The van der Waals surface area contributed by atoms with Gasteiger partial charge in [0, 0.05) is 12.1 Å². The van der Waals surface area contributed by atoms with Gasteiger partial charge >= 0.3 is 0 Å². The van der Waals surface area contributed by atoms with Gasteiger partial charge in [0.05, 0.1) is 12.2 Å². The molecule has 0 bridgehead atoms. The van der Waals surface area contributed by atoms with Gasteiger partial charge in [-0.05, 0) is 26.2 Å². The lowest BCUT2D eigenvalue weighted by Gasteiger charge is -2.32. The average Bonchev–Trinajstić information content (AvgIpc) is 1.95. The zero-order valence-electron chi connectivity index (χ0n) is 10.3. The Kier molecular flexibility index (Phi) is 4.56. The Balaban J connectivity index is 4.03. The second kappa shape index (κ2) is 4.60. The summed E-state index contributed by atoms with van der Waals surface area (Å²) in [7, 11) is 0. The molecule has 0 fully saturated rings. The van der Waals surface area contributed by atoms with E-state index in [-0.39, 0.29) is 11.0 Å². The monoisotopic (exact) mass is 203 g/mol. The Morgan fingerprint density at radius 3 is 1.71 bits per heavy atom. The first kappa shape index (κ1) is 13.9. The summed E-state index contributed by atoms with van der Waals surface area (Å²) < 4.78 is 0. The summed E-state index contributed by atoms with van der Waals surface area (Å²) in [6, 6.07) is 0. The molecule has 0 radical (unpaired) electrons. The van der Waals surface area contributed by atoms with Gasteiger partial charge in [-0.15, -0.1) is 0 Å². The lowest BCUT2D eigenvalue weighted by Crippen LogP contribution is -2.48. The van der Waals surface area contributed by atoms with E-state index < -0.39 is 12.2 Å². The van der Waals surface area contributed by atoms with Crippen LogP contribution in [-0.2, 0) is 0 Å². The van der Waals surface area contributed by atoms with Crippen molar-refractivity contribution >= 4 is 0 Å². The Hall–Kier alpha value is -0.120. The van der Waals surface area contributed by atoms with Crippen LogP contribution in [0.3, 0.4) is 0 Å². The van der Waals surface area contributed by atoms with Crippen LogP contribution in [-0.4, -0.2) is 34.5 Å². The van der Waals surface area contributed by atoms with Gasteiger partial charge in [0.2, 0.25) is 0 Å². The van der Waals surface area contributed by atoms with Crippen LogP contribution in [0.15, 0.2) is 0 Å². The Morgan fingerprint density at radius 1 is 1.00 bits per heavy atom. The summed E-state index contributed by atoms with van der Waals surface area (Å²) in [5.74, 6) is 0. The number of β-amino-alcohol motifs (C(OH)–C–C–N with tert-alkyl or cyclic N) is 1. The van der Waals surface area contributed by atoms with Crippen molar-refractivity contribution in [1.82, 2.24) is 5.32 Å². The van der Waals surface area contributed by atoms with Crippen LogP contribution in [0.2, 0.25) is 0 Å². The predicted octanol–water partition coefficient (Wildman–Crippen LogP) is 1.14. The predicted molar refractivity (Wildman–Crippen MR) is 59.2 cm³/mol. The summed E-state index contributed by atoms with van der Waals surface area (Å²) in [4.78, 5) is 0. The highest BCUT2D eigenvalue weighted by Crippen LogP contribution is 2.21. The highest BCUT2D eigenvalue weighted by molar-refractivity contribution is 4.83. The van der Waals surface area contributed by atoms with E-state index in [1.165, 1.54) is 0 Å². The van der Waals surface area contributed by atoms with Gasteiger partial charge in [-0.25, -0.2) is 0 Å². The molecular formula is C11H25NO2. The Morgan fingerprint density at radius 2 is 1.43 bits per heavy atom. The van der Waals surface area contributed by atoms with Crippen molar-refractivity contribution < 1.29 is 10.2 Å². The summed E-state index contributed by atoms with van der Waals surface area (Å²) in [6.07, 6.45) is -1.41. The Labute approximate surface area is 87.5 Å². The van der Waals surface area contributed by atoms with Crippen molar-refractivity contribution in [3.05, 3.63) is 0 Å². The molecule has 0 saturated heterocycles. The fourth-order valence-corrected chi connectivity index (χ4v) is 1.10. The van der Waals surface area contributed by atoms with Crippen molar-refractivity contribution in [2.45, 2.75) is 59.3 Å². The SMILES string of the molecule is CC(C)(C)NC[C@@H](O)[C@@H](O)C(C)(C)C. The van der Waals surface area contributed by atoms with Gasteiger partial charge in [-0.3, -0.25) is 0 Å². The van der Waals surface area contributed by atoms with E-state index in [0.29, 0.717) is 6.54 Å². The van der Waals surface area contributed by atoms with Crippen molar-refractivity contribution in [1.29, 1.82) is 0 Å². The number of nitrogens with one attached hydrogen (secondary N) is 1. The Bertz CT molecular complexity index is 167. The molecule has 0 saturated carbocycles. The van der Waals surface area contributed by atoms with Crippen LogP contribution in [0.5, 0.6) is 0 Å². The normalized spacial score (nSPS) is 18.0. The van der Waals surface area contributed by atoms with Gasteiger partial charge in [-0.1, -0.05) is 20.8 Å². The number of aliphatic hydroxyl groups excluding tert-OH is 2. The van der Waals surface area contributed by atoms with E-state index in [9.17, 15) is 10.2 Å². The maximum absolute atomic E-state index is 9.76. The molecule has 0 unspecified atom stereocenters. The van der Waals surface area contributed by atoms with Crippen LogP contribution in [0.1, 0.15) is 41.5 Å². The molecule has 3 N–H and O–H groups in total. The van der Waals surface area contributed by atoms with Crippen LogP contribution in [0.25, 0.3) is 0 Å². The highest BCUT2D eigenvalue weighted by atomic mass is 16.3. The number of hydrogen-bond donors (Lipinski definition) is 3. The van der Waals surface area contributed by atoms with Crippen molar-refractivity contribution in [3.8, 4) is 0 Å². The van der Waals surface area contributed by atoms with Crippen LogP contribution >= 0.6 is 0 Å². The minimum absolute atomic E-state index is 0.0292. The number of hydrogen-bond acceptors (Lipinski definition) is 3. The fourth-order valence-electron chi connectivity index (χ4n) is 1.10. The fraction of sp³-hybridized carbons (Fsp3) is 1.00. The minimum Gasteiger partial charge on any atom is -0.390 e. The lowest BCUT2D eigenvalue weighted by molar-refractivity contribution is -0.0447. The van der Waals surface area contributed by atoms with Crippen molar-refractivity contribution in [2.24, 2.45) is 5.41 Å². The molecule has 0 heterocycles. The maximum Gasteiger partial charge on any atom is 0.0928 e. The van der Waals surface area contributed by atoms with Gasteiger partial charge in [0.15, 0.2) is 0 Å². The van der Waals surface area contributed by atoms with E-state index in [1.807, 2.05) is 41.5 Å². The minimum atomic E-state index is -0.714. The molecular weight excluding hydrogens is 178 g/mol. The van der Waals surface area contributed by atoms with E-state index in [1.54, 1.807) is 0 Å². The largest absolute Gasteiger partial charge is 0.390 e. The van der Waals surface area contributed by atoms with E-state index in [4.69, 9.17) is 0 Å². The van der Waals surface area contributed by atoms with E-state index in [2.05, 4.69) is 5.32 Å². The molecule has 14 heavy (non-hydrogen) atoms. The lowest BCUT2D eigenvalue weighted by atomic mass is 9.85. The van der Waals surface area contributed by atoms with E-state index >= 15 is 0 Å². The summed E-state index contributed by atoms with van der Waals surface area (Å²) in [6.45, 7) is 12.3. The van der Waals surface area contributed by atoms with Gasteiger partial charge in [0.25, 0.3) is 0 Å². The third kappa shape index (κ3) is 5.58. The molecule has 86 valence electrons. The molecule has 3 nitrogen and oxygen atoms in total. The second-order valence-electron chi connectivity index (χ2n) is 6.01. The molecule has 0 aromatic heterocycles. The van der Waals surface area contributed by atoms with Gasteiger partial charge < -0.3 is 15.5 Å². The molecule has 0 aromatic rings. The van der Waals surface area contributed by atoms with Crippen LogP contribution < -0.4 is 5.32 Å². The molecule has 2 atom stereocenters. The molecule has 0 spiro atoms. The average molecular weight is 203 g/mol. The molecule has 0 aliphatic carbocycles. The quantitative estimate of drug-likeness (QED) is 0.645. The number of rotatable bonds is 3. The van der Waals surface area contributed by atoms with E-state index in [0.717, 1.165) is 0 Å². The van der Waals surface area contributed by atoms with Crippen molar-refractivity contribution in [3.63, 3.8) is 0 Å². The third-order valence-corrected chi connectivity index (χ3v) is 2.09. The standard InChI is InChI=1S/C11H25NO2/c1-10(2,3)9(14)8(13)7-12-11(4,5)6/h8-9,12-14H,7H2,1-6H3/t8-,9-/m1/s1. The first-order valence-electron chi connectivity index (χ1n) is 5.15. The topological polar surface area (TPSA) is 52.5 Å². The van der Waals surface area contributed by atoms with Crippen LogP contribution in [0.4, 0.5) is 0 Å². The third-order valence-electron chi connectivity index (χ3n) is 2.09. The second-order valence-corrected chi connectivity index (χ2v) is 6.01. The van der Waals surface area contributed by atoms with Crippen LogP contribution in [0, 0.1) is 5.41 Å². The summed E-state index contributed by atoms with van der Waals surface area (Å²) >= 11 is 0. The summed E-state index contributed by atoms with van der Waals surface area (Å²) in [5.41, 5.74) is -0.308. The molecule has 0 rings (SSSR count). The zero-order valence-corrected chi connectivity index (χ0v) is 10.3. The molecule has 0 amide bonds. The van der Waals surface area contributed by atoms with Crippen molar-refractivity contribution in [2.75, 3.05) is 6.54 Å². The highest BCUT2D eigenvalue weighted by Gasteiger charge is 2.29. The first-order chi connectivity index (χ1) is 6.04.